The van der Waals surface area contributed by atoms with E-state index in [-0.39, 0.29) is 0 Å². The first kappa shape index (κ1) is 12.3. The molecule has 0 bridgehead atoms. The number of pyridine rings is 1. The topological polar surface area (TPSA) is 51.4 Å². The fourth-order valence-electron chi connectivity index (χ4n) is 2.12. The fourth-order valence-corrected chi connectivity index (χ4v) is 2.12. The zero-order valence-corrected chi connectivity index (χ0v) is 10.3. The Morgan fingerprint density at radius 2 is 2.12 bits per heavy atom. The van der Waals surface area contributed by atoms with Crippen molar-refractivity contribution in [2.45, 2.75) is 25.8 Å². The number of nitrogens with zero attached hydrogens (tertiary/aromatic N) is 2. The minimum absolute atomic E-state index is 0.533. The average molecular weight is 235 g/mol. The molecule has 94 valence electrons. The second kappa shape index (κ2) is 6.57. The quantitative estimate of drug-likeness (QED) is 0.838. The van der Waals surface area contributed by atoms with Gasteiger partial charge in [-0.05, 0) is 37.6 Å². The average Bonchev–Trinajstić information content (AvgIpc) is 2.40. The summed E-state index contributed by atoms with van der Waals surface area (Å²) < 4.78 is 5.64. The van der Waals surface area contributed by atoms with E-state index in [1.807, 2.05) is 12.1 Å². The maximum Gasteiger partial charge on any atom is 0.213 e. The van der Waals surface area contributed by atoms with Gasteiger partial charge in [0, 0.05) is 25.4 Å². The molecule has 1 aliphatic heterocycles. The smallest absolute Gasteiger partial charge is 0.213 e. The lowest BCUT2D eigenvalue weighted by Crippen LogP contribution is -2.33. The van der Waals surface area contributed by atoms with Gasteiger partial charge in [0.1, 0.15) is 6.61 Å². The standard InChI is InChI=1S/C13H21N3O/c14-11-12-4-5-15-13(10-12)17-9-8-16-6-2-1-3-7-16/h4-5,10H,1-3,6-9,11,14H2. The normalized spacial score (nSPS) is 17.0. The second-order valence-electron chi connectivity index (χ2n) is 4.46. The van der Waals surface area contributed by atoms with Crippen molar-refractivity contribution in [3.63, 3.8) is 0 Å². The molecule has 0 aliphatic carbocycles. The van der Waals surface area contributed by atoms with Gasteiger partial charge >= 0.3 is 0 Å². The third-order valence-corrected chi connectivity index (χ3v) is 3.14. The Bertz CT molecular complexity index is 337. The van der Waals surface area contributed by atoms with E-state index in [0.717, 1.165) is 12.1 Å². The van der Waals surface area contributed by atoms with E-state index in [4.69, 9.17) is 10.5 Å². The van der Waals surface area contributed by atoms with Crippen molar-refractivity contribution < 1.29 is 4.74 Å². The Kier molecular flexibility index (Phi) is 4.76. The summed E-state index contributed by atoms with van der Waals surface area (Å²) >= 11 is 0. The molecule has 0 unspecified atom stereocenters. The first-order chi connectivity index (χ1) is 8.38. The number of aromatic nitrogens is 1. The van der Waals surface area contributed by atoms with Gasteiger partial charge in [-0.25, -0.2) is 4.98 Å². The molecule has 0 spiro atoms. The van der Waals surface area contributed by atoms with Crippen LogP contribution in [0.5, 0.6) is 5.88 Å². The highest BCUT2D eigenvalue weighted by Crippen LogP contribution is 2.10. The molecule has 1 aromatic heterocycles. The van der Waals surface area contributed by atoms with Crippen LogP contribution < -0.4 is 10.5 Å². The number of hydrogen-bond donors (Lipinski definition) is 1. The third-order valence-electron chi connectivity index (χ3n) is 3.14. The highest BCUT2D eigenvalue weighted by molar-refractivity contribution is 5.19. The predicted octanol–water partition coefficient (Wildman–Crippen LogP) is 1.40. The number of piperidine rings is 1. The van der Waals surface area contributed by atoms with E-state index >= 15 is 0 Å². The summed E-state index contributed by atoms with van der Waals surface area (Å²) in [7, 11) is 0. The van der Waals surface area contributed by atoms with Crippen LogP contribution in [0.15, 0.2) is 18.3 Å². The van der Waals surface area contributed by atoms with Crippen LogP contribution in [0.25, 0.3) is 0 Å². The Morgan fingerprint density at radius 1 is 1.29 bits per heavy atom. The van der Waals surface area contributed by atoms with Gasteiger partial charge in [-0.1, -0.05) is 6.42 Å². The van der Waals surface area contributed by atoms with Gasteiger partial charge in [0.2, 0.25) is 5.88 Å². The molecule has 4 nitrogen and oxygen atoms in total. The number of ether oxygens (including phenoxy) is 1. The van der Waals surface area contributed by atoms with Crippen LogP contribution in [0.3, 0.4) is 0 Å². The van der Waals surface area contributed by atoms with Crippen molar-refractivity contribution >= 4 is 0 Å². The van der Waals surface area contributed by atoms with Crippen molar-refractivity contribution in [2.24, 2.45) is 5.73 Å². The van der Waals surface area contributed by atoms with Gasteiger partial charge in [-0.15, -0.1) is 0 Å². The van der Waals surface area contributed by atoms with E-state index < -0.39 is 0 Å². The fraction of sp³-hybridized carbons (Fsp3) is 0.615. The van der Waals surface area contributed by atoms with Gasteiger partial charge < -0.3 is 10.5 Å². The van der Waals surface area contributed by atoms with E-state index in [2.05, 4.69) is 9.88 Å². The molecule has 1 aliphatic rings. The summed E-state index contributed by atoms with van der Waals surface area (Å²) in [5.74, 6) is 0.685. The molecule has 17 heavy (non-hydrogen) atoms. The van der Waals surface area contributed by atoms with Gasteiger partial charge in [0.25, 0.3) is 0 Å². The second-order valence-corrected chi connectivity index (χ2v) is 4.46. The van der Waals surface area contributed by atoms with Gasteiger partial charge in [-0.2, -0.15) is 0 Å². The lowest BCUT2D eigenvalue weighted by atomic mass is 10.1. The number of hydrogen-bond acceptors (Lipinski definition) is 4. The SMILES string of the molecule is NCc1ccnc(OCCN2CCCCC2)c1. The molecular formula is C13H21N3O. The first-order valence-corrected chi connectivity index (χ1v) is 6.38. The summed E-state index contributed by atoms with van der Waals surface area (Å²) in [5, 5.41) is 0. The van der Waals surface area contributed by atoms with Crippen molar-refractivity contribution in [2.75, 3.05) is 26.2 Å². The number of rotatable bonds is 5. The van der Waals surface area contributed by atoms with E-state index in [9.17, 15) is 0 Å². The maximum atomic E-state index is 5.64. The van der Waals surface area contributed by atoms with E-state index in [1.165, 1.54) is 32.4 Å². The molecule has 0 radical (unpaired) electrons. The number of nitrogens with two attached hydrogens (primary N) is 1. The van der Waals surface area contributed by atoms with E-state index in [0.29, 0.717) is 19.0 Å². The molecule has 0 amide bonds. The third kappa shape index (κ3) is 3.98. The molecule has 2 heterocycles. The molecule has 0 aromatic carbocycles. The maximum absolute atomic E-state index is 5.64. The lowest BCUT2D eigenvalue weighted by molar-refractivity contribution is 0.180. The van der Waals surface area contributed by atoms with Crippen molar-refractivity contribution in [3.05, 3.63) is 23.9 Å². The van der Waals surface area contributed by atoms with Crippen molar-refractivity contribution in [1.82, 2.24) is 9.88 Å². The zero-order chi connectivity index (χ0) is 11.9. The summed E-state index contributed by atoms with van der Waals surface area (Å²) in [5.41, 5.74) is 6.64. The molecule has 2 N–H and O–H groups in total. The van der Waals surface area contributed by atoms with Crippen LogP contribution in [0.2, 0.25) is 0 Å². The van der Waals surface area contributed by atoms with Crippen LogP contribution in [0, 0.1) is 0 Å². The summed E-state index contributed by atoms with van der Waals surface area (Å²) in [4.78, 5) is 6.63. The van der Waals surface area contributed by atoms with Gasteiger partial charge in [0.05, 0.1) is 0 Å². The summed E-state index contributed by atoms with van der Waals surface area (Å²) in [6, 6.07) is 3.83. The van der Waals surface area contributed by atoms with Crippen LogP contribution >= 0.6 is 0 Å². The molecule has 0 saturated carbocycles. The lowest BCUT2D eigenvalue weighted by Gasteiger charge is -2.26. The van der Waals surface area contributed by atoms with Crippen molar-refractivity contribution in [1.29, 1.82) is 0 Å². The van der Waals surface area contributed by atoms with E-state index in [1.54, 1.807) is 6.20 Å². The highest BCUT2D eigenvalue weighted by atomic mass is 16.5. The van der Waals surface area contributed by atoms with Crippen molar-refractivity contribution in [3.8, 4) is 5.88 Å². The number of likely N-dealkylation sites (tertiary alicyclic amines) is 1. The first-order valence-electron chi connectivity index (χ1n) is 6.38. The van der Waals surface area contributed by atoms with Crippen LogP contribution in [0.1, 0.15) is 24.8 Å². The predicted molar refractivity (Wildman–Crippen MR) is 67.9 cm³/mol. The molecular weight excluding hydrogens is 214 g/mol. The molecule has 1 aromatic rings. The van der Waals surface area contributed by atoms with Crippen LogP contribution in [-0.2, 0) is 6.54 Å². The Balaban J connectivity index is 1.73. The molecule has 1 saturated heterocycles. The van der Waals surface area contributed by atoms with Gasteiger partial charge in [-0.3, -0.25) is 4.90 Å². The Labute approximate surface area is 103 Å². The molecule has 4 heteroatoms. The minimum Gasteiger partial charge on any atom is -0.476 e. The minimum atomic E-state index is 0.533. The van der Waals surface area contributed by atoms with Gasteiger partial charge in [0.15, 0.2) is 0 Å². The molecule has 0 atom stereocenters. The Hall–Kier alpha value is -1.13. The highest BCUT2D eigenvalue weighted by Gasteiger charge is 2.09. The largest absolute Gasteiger partial charge is 0.476 e. The zero-order valence-electron chi connectivity index (χ0n) is 10.3. The summed E-state index contributed by atoms with van der Waals surface area (Å²) in [6.07, 6.45) is 5.76. The Morgan fingerprint density at radius 3 is 2.88 bits per heavy atom. The molecule has 2 rings (SSSR count). The van der Waals surface area contributed by atoms with Crippen LogP contribution in [0.4, 0.5) is 0 Å². The van der Waals surface area contributed by atoms with Crippen LogP contribution in [-0.4, -0.2) is 36.1 Å². The molecule has 1 fully saturated rings. The summed E-state index contributed by atoms with van der Waals surface area (Å²) in [6.45, 7) is 4.65. The monoisotopic (exact) mass is 235 g/mol.